The number of anilines is 1. The highest BCUT2D eigenvalue weighted by Crippen LogP contribution is 2.22. The number of nitrogens with zero attached hydrogens (tertiary/aromatic N) is 2. The lowest BCUT2D eigenvalue weighted by atomic mass is 10.1. The molecule has 124 valence electrons. The Morgan fingerprint density at radius 1 is 1.43 bits per heavy atom. The normalized spacial score (nSPS) is 13.8. The van der Waals surface area contributed by atoms with Crippen LogP contribution in [0.4, 0.5) is 14.9 Å². The molecular weight excluding hydrogens is 305 g/mol. The Morgan fingerprint density at radius 3 is 2.74 bits per heavy atom. The number of hydrogen-bond acceptors (Lipinski definition) is 3. The highest BCUT2D eigenvalue weighted by molar-refractivity contribution is 5.99. The van der Waals surface area contributed by atoms with Crippen molar-refractivity contribution < 1.29 is 23.9 Å². The molecule has 0 unspecified atom stereocenters. The molecule has 0 saturated carbocycles. The molecule has 2 N–H and O–H groups in total. The zero-order valence-electron chi connectivity index (χ0n) is 12.7. The van der Waals surface area contributed by atoms with Crippen LogP contribution in [-0.2, 0) is 4.79 Å². The Bertz CT molecular complexity index is 635. The topological polar surface area (TPSA) is 90.0 Å². The molecule has 1 aliphatic heterocycles. The van der Waals surface area contributed by atoms with Gasteiger partial charge in [0.2, 0.25) is 0 Å². The molecule has 1 fully saturated rings. The van der Waals surface area contributed by atoms with Crippen LogP contribution in [0.25, 0.3) is 0 Å². The Labute approximate surface area is 132 Å². The molecule has 0 atom stereocenters. The molecule has 23 heavy (non-hydrogen) atoms. The van der Waals surface area contributed by atoms with Gasteiger partial charge in [-0.1, -0.05) is 6.92 Å². The molecule has 1 aliphatic rings. The molecular formula is C15H18FN3O4. The number of hydrogen-bond donors (Lipinski definition) is 2. The predicted molar refractivity (Wildman–Crippen MR) is 81.0 cm³/mol. The second-order valence-corrected chi connectivity index (χ2v) is 5.17. The smallest absolute Gasteiger partial charge is 0.323 e. The van der Waals surface area contributed by atoms with Gasteiger partial charge in [0.05, 0.1) is 5.56 Å². The van der Waals surface area contributed by atoms with Crippen LogP contribution in [0.5, 0.6) is 0 Å². The van der Waals surface area contributed by atoms with Gasteiger partial charge in [-0.05, 0) is 24.6 Å². The average Bonchev–Trinajstić information content (AvgIpc) is 2.92. The van der Waals surface area contributed by atoms with E-state index in [0.29, 0.717) is 25.2 Å². The number of nitrogens with one attached hydrogen (secondary N) is 1. The first-order valence-corrected chi connectivity index (χ1v) is 7.30. The summed E-state index contributed by atoms with van der Waals surface area (Å²) in [5.41, 5.74) is 0.161. The third kappa shape index (κ3) is 3.77. The molecule has 8 heteroatoms. The first kappa shape index (κ1) is 16.7. The summed E-state index contributed by atoms with van der Waals surface area (Å²) < 4.78 is 14.0. The molecule has 0 radical (unpaired) electrons. The molecule has 1 heterocycles. The SMILES string of the molecule is CCCN(CC(=O)O)C(=O)c1cc(N2CCNC2=O)ccc1F. The first-order valence-electron chi connectivity index (χ1n) is 7.30. The maximum atomic E-state index is 14.0. The maximum absolute atomic E-state index is 14.0. The van der Waals surface area contributed by atoms with Crippen molar-refractivity contribution in [2.45, 2.75) is 13.3 Å². The Kier molecular flexibility index (Phi) is 5.15. The summed E-state index contributed by atoms with van der Waals surface area (Å²) >= 11 is 0. The minimum Gasteiger partial charge on any atom is -0.480 e. The van der Waals surface area contributed by atoms with E-state index in [-0.39, 0.29) is 18.1 Å². The molecule has 3 amide bonds. The van der Waals surface area contributed by atoms with Gasteiger partial charge in [-0.15, -0.1) is 0 Å². The number of carboxylic acid groups (broad SMARTS) is 1. The number of benzene rings is 1. The van der Waals surface area contributed by atoms with Crippen molar-refractivity contribution in [1.29, 1.82) is 0 Å². The number of carbonyl (C=O) groups excluding carboxylic acids is 2. The fourth-order valence-corrected chi connectivity index (χ4v) is 2.42. The van der Waals surface area contributed by atoms with Crippen LogP contribution >= 0.6 is 0 Å². The van der Waals surface area contributed by atoms with Crippen LogP contribution in [0.1, 0.15) is 23.7 Å². The Balaban J connectivity index is 2.31. The minimum absolute atomic E-state index is 0.207. The quantitative estimate of drug-likeness (QED) is 0.825. The third-order valence-corrected chi connectivity index (χ3v) is 3.46. The van der Waals surface area contributed by atoms with Crippen LogP contribution in [0.15, 0.2) is 18.2 Å². The van der Waals surface area contributed by atoms with E-state index in [4.69, 9.17) is 5.11 Å². The number of carboxylic acids is 1. The first-order chi connectivity index (χ1) is 10.9. The lowest BCUT2D eigenvalue weighted by Gasteiger charge is -2.21. The van der Waals surface area contributed by atoms with E-state index < -0.39 is 24.2 Å². The molecule has 7 nitrogen and oxygen atoms in total. The Morgan fingerprint density at radius 2 is 2.17 bits per heavy atom. The summed E-state index contributed by atoms with van der Waals surface area (Å²) in [5, 5.41) is 11.5. The predicted octanol–water partition coefficient (Wildman–Crippen LogP) is 1.29. The molecule has 0 spiro atoms. The van der Waals surface area contributed by atoms with Crippen molar-refractivity contribution in [2.75, 3.05) is 31.1 Å². The van der Waals surface area contributed by atoms with E-state index in [1.54, 1.807) is 6.92 Å². The van der Waals surface area contributed by atoms with Crippen LogP contribution in [0.3, 0.4) is 0 Å². The van der Waals surface area contributed by atoms with E-state index in [2.05, 4.69) is 5.32 Å². The van der Waals surface area contributed by atoms with Gasteiger partial charge in [0.15, 0.2) is 0 Å². The summed E-state index contributed by atoms with van der Waals surface area (Å²) in [7, 11) is 0. The summed E-state index contributed by atoms with van der Waals surface area (Å²) in [6.07, 6.45) is 0.550. The highest BCUT2D eigenvalue weighted by Gasteiger charge is 2.25. The largest absolute Gasteiger partial charge is 0.480 e. The number of urea groups is 1. The van der Waals surface area contributed by atoms with Gasteiger partial charge in [-0.3, -0.25) is 14.5 Å². The molecule has 1 aromatic carbocycles. The van der Waals surface area contributed by atoms with Crippen molar-refractivity contribution in [1.82, 2.24) is 10.2 Å². The van der Waals surface area contributed by atoms with E-state index >= 15 is 0 Å². The molecule has 0 aromatic heterocycles. The summed E-state index contributed by atoms with van der Waals surface area (Å²) in [6, 6.07) is 3.50. The van der Waals surface area contributed by atoms with Gasteiger partial charge < -0.3 is 15.3 Å². The molecule has 0 aliphatic carbocycles. The standard InChI is InChI=1S/C15H18FN3O4/c1-2-6-18(9-13(20)21)14(22)11-8-10(3-4-12(11)16)19-7-5-17-15(19)23/h3-4,8H,2,5-7,9H2,1H3,(H,17,23)(H,20,21). The van der Waals surface area contributed by atoms with Crippen LogP contribution < -0.4 is 10.2 Å². The van der Waals surface area contributed by atoms with E-state index in [9.17, 15) is 18.8 Å². The number of carbonyl (C=O) groups is 3. The van der Waals surface area contributed by atoms with Crippen LogP contribution in [-0.4, -0.2) is 54.1 Å². The van der Waals surface area contributed by atoms with Crippen LogP contribution in [0.2, 0.25) is 0 Å². The van der Waals surface area contributed by atoms with Gasteiger partial charge in [-0.25, -0.2) is 9.18 Å². The zero-order chi connectivity index (χ0) is 17.0. The van der Waals surface area contributed by atoms with E-state index in [1.807, 2.05) is 0 Å². The third-order valence-electron chi connectivity index (χ3n) is 3.46. The number of amides is 3. The molecule has 1 saturated heterocycles. The number of halogens is 1. The molecule has 1 aromatic rings. The van der Waals surface area contributed by atoms with E-state index in [1.165, 1.54) is 17.0 Å². The monoisotopic (exact) mass is 323 g/mol. The van der Waals surface area contributed by atoms with Crippen LogP contribution in [0, 0.1) is 5.82 Å². The second-order valence-electron chi connectivity index (χ2n) is 5.17. The number of rotatable bonds is 6. The van der Waals surface area contributed by atoms with Gasteiger partial charge in [-0.2, -0.15) is 0 Å². The van der Waals surface area contributed by atoms with Crippen molar-refractivity contribution in [2.24, 2.45) is 0 Å². The van der Waals surface area contributed by atoms with Gasteiger partial charge in [0.25, 0.3) is 5.91 Å². The van der Waals surface area contributed by atoms with Gasteiger partial charge >= 0.3 is 12.0 Å². The highest BCUT2D eigenvalue weighted by atomic mass is 19.1. The van der Waals surface area contributed by atoms with Crippen molar-refractivity contribution in [3.63, 3.8) is 0 Å². The van der Waals surface area contributed by atoms with E-state index in [0.717, 1.165) is 11.0 Å². The number of aliphatic carboxylic acids is 1. The zero-order valence-corrected chi connectivity index (χ0v) is 12.7. The maximum Gasteiger partial charge on any atom is 0.323 e. The molecule has 2 rings (SSSR count). The van der Waals surface area contributed by atoms with Crippen molar-refractivity contribution in [3.8, 4) is 0 Å². The van der Waals surface area contributed by atoms with Gasteiger partial charge in [0, 0.05) is 25.3 Å². The summed E-state index contributed by atoms with van der Waals surface area (Å²) in [5.74, 6) is -2.61. The average molecular weight is 323 g/mol. The molecule has 0 bridgehead atoms. The fourth-order valence-electron chi connectivity index (χ4n) is 2.42. The van der Waals surface area contributed by atoms with Crippen molar-refractivity contribution >= 4 is 23.6 Å². The minimum atomic E-state index is -1.16. The second kappa shape index (κ2) is 7.08. The lowest BCUT2D eigenvalue weighted by Crippen LogP contribution is -2.37. The Hall–Kier alpha value is -2.64. The van der Waals surface area contributed by atoms with Gasteiger partial charge in [0.1, 0.15) is 12.4 Å². The fraction of sp³-hybridized carbons (Fsp3) is 0.400. The lowest BCUT2D eigenvalue weighted by molar-refractivity contribution is -0.137. The summed E-state index contributed by atoms with van der Waals surface area (Å²) in [4.78, 5) is 37.5. The summed E-state index contributed by atoms with van der Waals surface area (Å²) in [6.45, 7) is 2.40. The van der Waals surface area contributed by atoms with Crippen molar-refractivity contribution in [3.05, 3.63) is 29.6 Å².